The van der Waals surface area contributed by atoms with E-state index in [4.69, 9.17) is 0 Å². The fourth-order valence-corrected chi connectivity index (χ4v) is 1.94. The Labute approximate surface area is 89.2 Å². The molecule has 0 aliphatic rings. The summed E-state index contributed by atoms with van der Waals surface area (Å²) in [5.41, 5.74) is 1.36. The normalized spacial score (nSPS) is 10.8. The molecule has 2 nitrogen and oxygen atoms in total. The molecule has 15 heavy (non-hydrogen) atoms. The van der Waals surface area contributed by atoms with Crippen molar-refractivity contribution in [1.29, 1.82) is 0 Å². The summed E-state index contributed by atoms with van der Waals surface area (Å²) in [4.78, 5) is 12.0. The highest BCUT2D eigenvalue weighted by Crippen LogP contribution is 2.15. The van der Waals surface area contributed by atoms with E-state index in [9.17, 15) is 4.79 Å². The zero-order valence-electron chi connectivity index (χ0n) is 9.16. The number of benzene rings is 1. The summed E-state index contributed by atoms with van der Waals surface area (Å²) in [6, 6.07) is 7.99. The predicted octanol–water partition coefficient (Wildman–Crippen LogP) is 2.58. The molecular weight excluding hydrogens is 186 g/mol. The van der Waals surface area contributed by atoms with Crippen LogP contribution >= 0.6 is 0 Å². The van der Waals surface area contributed by atoms with Gasteiger partial charge in [0.25, 0.3) is 5.56 Å². The van der Waals surface area contributed by atoms with Crippen LogP contribution in [0.1, 0.15) is 19.4 Å². The maximum absolute atomic E-state index is 12.0. The SMILES string of the molecule is CCc1cccc2c(=O)n(CC)ccc12. The molecule has 0 saturated carbocycles. The molecule has 0 aliphatic carbocycles. The Balaban J connectivity index is 2.84. The van der Waals surface area contributed by atoms with Gasteiger partial charge in [-0.3, -0.25) is 4.79 Å². The number of hydrogen-bond acceptors (Lipinski definition) is 1. The molecular formula is C13H15NO. The summed E-state index contributed by atoms with van der Waals surface area (Å²) in [6.45, 7) is 4.82. The Morgan fingerprint density at radius 3 is 2.60 bits per heavy atom. The van der Waals surface area contributed by atoms with Crippen LogP contribution in [0, 0.1) is 0 Å². The fourth-order valence-electron chi connectivity index (χ4n) is 1.94. The Bertz CT molecular complexity index is 540. The van der Waals surface area contributed by atoms with Crippen molar-refractivity contribution < 1.29 is 0 Å². The number of hydrogen-bond donors (Lipinski definition) is 0. The largest absolute Gasteiger partial charge is 0.315 e. The van der Waals surface area contributed by atoms with E-state index in [1.54, 1.807) is 4.57 Å². The summed E-state index contributed by atoms with van der Waals surface area (Å²) in [6.07, 6.45) is 2.84. The molecule has 0 unspecified atom stereocenters. The lowest BCUT2D eigenvalue weighted by atomic mass is 10.0. The van der Waals surface area contributed by atoms with Crippen molar-refractivity contribution in [3.05, 3.63) is 46.4 Å². The van der Waals surface area contributed by atoms with Gasteiger partial charge in [0, 0.05) is 18.1 Å². The minimum atomic E-state index is 0.116. The zero-order valence-corrected chi connectivity index (χ0v) is 9.16. The van der Waals surface area contributed by atoms with Crippen molar-refractivity contribution in [1.82, 2.24) is 4.57 Å². The third kappa shape index (κ3) is 1.56. The van der Waals surface area contributed by atoms with Crippen LogP contribution in [-0.2, 0) is 13.0 Å². The molecule has 0 saturated heterocycles. The van der Waals surface area contributed by atoms with Crippen LogP contribution in [-0.4, -0.2) is 4.57 Å². The minimum absolute atomic E-state index is 0.116. The van der Waals surface area contributed by atoms with Crippen LogP contribution in [0.25, 0.3) is 10.8 Å². The van der Waals surface area contributed by atoms with Crippen LogP contribution < -0.4 is 5.56 Å². The highest BCUT2D eigenvalue weighted by molar-refractivity contribution is 5.84. The monoisotopic (exact) mass is 201 g/mol. The highest BCUT2D eigenvalue weighted by Gasteiger charge is 2.03. The van der Waals surface area contributed by atoms with E-state index in [0.29, 0.717) is 0 Å². The van der Waals surface area contributed by atoms with Crippen molar-refractivity contribution in [2.45, 2.75) is 26.8 Å². The zero-order chi connectivity index (χ0) is 10.8. The standard InChI is InChI=1S/C13H15NO/c1-3-10-6-5-7-12-11(10)8-9-14(4-2)13(12)15/h5-9H,3-4H2,1-2H3. The van der Waals surface area contributed by atoms with Gasteiger partial charge in [0.2, 0.25) is 0 Å². The summed E-state index contributed by atoms with van der Waals surface area (Å²) in [7, 11) is 0. The smallest absolute Gasteiger partial charge is 0.258 e. The summed E-state index contributed by atoms with van der Waals surface area (Å²) in [5.74, 6) is 0. The molecule has 0 amide bonds. The van der Waals surface area contributed by atoms with E-state index in [1.165, 1.54) is 5.56 Å². The quantitative estimate of drug-likeness (QED) is 0.732. The van der Waals surface area contributed by atoms with E-state index in [1.807, 2.05) is 31.3 Å². The molecule has 1 aromatic heterocycles. The van der Waals surface area contributed by atoms with Gasteiger partial charge in [0.15, 0.2) is 0 Å². The molecule has 1 aromatic carbocycles. The molecule has 2 heteroatoms. The van der Waals surface area contributed by atoms with Gasteiger partial charge in [-0.05, 0) is 36.4 Å². The average Bonchev–Trinajstić information content (AvgIpc) is 2.29. The first-order valence-corrected chi connectivity index (χ1v) is 5.39. The maximum Gasteiger partial charge on any atom is 0.258 e. The number of aryl methyl sites for hydroxylation is 2. The van der Waals surface area contributed by atoms with Crippen LogP contribution in [0.4, 0.5) is 0 Å². The second-order valence-electron chi connectivity index (χ2n) is 3.64. The molecule has 0 radical (unpaired) electrons. The Morgan fingerprint density at radius 2 is 1.93 bits per heavy atom. The number of nitrogens with zero attached hydrogens (tertiary/aromatic N) is 1. The van der Waals surface area contributed by atoms with Gasteiger partial charge in [-0.15, -0.1) is 0 Å². The lowest BCUT2D eigenvalue weighted by Crippen LogP contribution is -2.18. The molecule has 78 valence electrons. The lowest BCUT2D eigenvalue weighted by Gasteiger charge is -2.06. The first kappa shape index (κ1) is 9.97. The Kier molecular flexibility index (Phi) is 2.58. The second kappa shape index (κ2) is 3.89. The summed E-state index contributed by atoms with van der Waals surface area (Å²) >= 11 is 0. The number of rotatable bonds is 2. The van der Waals surface area contributed by atoms with Crippen LogP contribution in [0.15, 0.2) is 35.3 Å². The average molecular weight is 201 g/mol. The molecule has 1 heterocycles. The number of pyridine rings is 1. The summed E-state index contributed by atoms with van der Waals surface area (Å²) in [5, 5.41) is 1.92. The summed E-state index contributed by atoms with van der Waals surface area (Å²) < 4.78 is 1.74. The van der Waals surface area contributed by atoms with Crippen molar-refractivity contribution >= 4 is 10.8 Å². The van der Waals surface area contributed by atoms with Gasteiger partial charge in [-0.2, -0.15) is 0 Å². The number of fused-ring (bicyclic) bond motifs is 1. The molecule has 0 atom stereocenters. The molecule has 0 N–H and O–H groups in total. The van der Waals surface area contributed by atoms with Gasteiger partial charge in [-0.1, -0.05) is 19.1 Å². The van der Waals surface area contributed by atoms with Crippen molar-refractivity contribution in [2.75, 3.05) is 0 Å². The van der Waals surface area contributed by atoms with Gasteiger partial charge in [0.1, 0.15) is 0 Å². The minimum Gasteiger partial charge on any atom is -0.315 e. The van der Waals surface area contributed by atoms with E-state index in [0.717, 1.165) is 23.7 Å². The van der Waals surface area contributed by atoms with Crippen molar-refractivity contribution in [3.63, 3.8) is 0 Å². The first-order valence-electron chi connectivity index (χ1n) is 5.39. The molecule has 0 fully saturated rings. The first-order chi connectivity index (χ1) is 7.27. The fraction of sp³-hybridized carbons (Fsp3) is 0.308. The molecule has 0 spiro atoms. The highest BCUT2D eigenvalue weighted by atomic mass is 16.1. The van der Waals surface area contributed by atoms with E-state index >= 15 is 0 Å². The second-order valence-corrected chi connectivity index (χ2v) is 3.64. The Morgan fingerprint density at radius 1 is 1.13 bits per heavy atom. The van der Waals surface area contributed by atoms with Gasteiger partial charge in [0.05, 0.1) is 0 Å². The topological polar surface area (TPSA) is 22.0 Å². The lowest BCUT2D eigenvalue weighted by molar-refractivity contribution is 0.734. The third-order valence-electron chi connectivity index (χ3n) is 2.83. The van der Waals surface area contributed by atoms with Crippen molar-refractivity contribution in [3.8, 4) is 0 Å². The molecule has 2 rings (SSSR count). The maximum atomic E-state index is 12.0. The van der Waals surface area contributed by atoms with E-state index in [2.05, 4.69) is 13.0 Å². The van der Waals surface area contributed by atoms with Gasteiger partial charge in [-0.25, -0.2) is 0 Å². The predicted molar refractivity (Wildman–Crippen MR) is 63.3 cm³/mol. The van der Waals surface area contributed by atoms with Crippen LogP contribution in [0.5, 0.6) is 0 Å². The number of aromatic nitrogens is 1. The van der Waals surface area contributed by atoms with Gasteiger partial charge < -0.3 is 4.57 Å². The van der Waals surface area contributed by atoms with Crippen LogP contribution in [0.2, 0.25) is 0 Å². The third-order valence-corrected chi connectivity index (χ3v) is 2.83. The molecule has 2 aromatic rings. The van der Waals surface area contributed by atoms with Gasteiger partial charge >= 0.3 is 0 Å². The molecule has 0 bridgehead atoms. The Hall–Kier alpha value is -1.57. The van der Waals surface area contributed by atoms with E-state index < -0.39 is 0 Å². The van der Waals surface area contributed by atoms with E-state index in [-0.39, 0.29) is 5.56 Å². The molecule has 0 aliphatic heterocycles. The van der Waals surface area contributed by atoms with Crippen LogP contribution in [0.3, 0.4) is 0 Å². The van der Waals surface area contributed by atoms with Crippen molar-refractivity contribution in [2.24, 2.45) is 0 Å².